The second-order valence-corrected chi connectivity index (χ2v) is 8.67. The number of benzene rings is 2. The highest BCUT2D eigenvalue weighted by molar-refractivity contribution is 6.30. The molecule has 1 aliphatic heterocycles. The summed E-state index contributed by atoms with van der Waals surface area (Å²) in [6.07, 6.45) is 1.04. The molecule has 170 valence electrons. The van der Waals surface area contributed by atoms with Crippen molar-refractivity contribution in [1.29, 1.82) is 0 Å². The molecule has 4 atom stereocenters. The van der Waals surface area contributed by atoms with E-state index < -0.39 is 23.9 Å². The molecule has 11 heteroatoms. The number of amides is 2. The predicted octanol–water partition coefficient (Wildman–Crippen LogP) is 1.79. The summed E-state index contributed by atoms with van der Waals surface area (Å²) >= 11 is 6.13. The van der Waals surface area contributed by atoms with Crippen molar-refractivity contribution in [3.63, 3.8) is 0 Å². The highest BCUT2D eigenvalue weighted by Crippen LogP contribution is 2.48. The van der Waals surface area contributed by atoms with Crippen LogP contribution in [-0.4, -0.2) is 54.1 Å². The number of aromatic nitrogens is 4. The number of aliphatic hydroxyl groups is 1. The van der Waals surface area contributed by atoms with Crippen LogP contribution in [0.4, 0.5) is 4.39 Å². The van der Waals surface area contributed by atoms with Crippen LogP contribution in [0.5, 0.6) is 0 Å². The number of hydrogen-bond donors (Lipinski definition) is 2. The lowest BCUT2D eigenvalue weighted by Gasteiger charge is -2.29. The van der Waals surface area contributed by atoms with Gasteiger partial charge in [0.1, 0.15) is 18.2 Å². The van der Waals surface area contributed by atoms with Crippen LogP contribution in [0.1, 0.15) is 30.1 Å². The lowest BCUT2D eigenvalue weighted by Crippen LogP contribution is -2.49. The zero-order chi connectivity index (χ0) is 23.1. The van der Waals surface area contributed by atoms with Gasteiger partial charge in [-0.3, -0.25) is 9.59 Å². The number of nitrogens with one attached hydrogen (secondary N) is 1. The van der Waals surface area contributed by atoms with Crippen molar-refractivity contribution in [1.82, 2.24) is 30.4 Å². The number of halogens is 2. The van der Waals surface area contributed by atoms with Crippen molar-refractivity contribution in [3.8, 4) is 5.69 Å². The van der Waals surface area contributed by atoms with Gasteiger partial charge in [0.05, 0.1) is 5.69 Å². The Balaban J connectivity index is 1.32. The molecule has 2 aliphatic rings. The summed E-state index contributed by atoms with van der Waals surface area (Å²) in [6.45, 7) is 0.137. The number of aliphatic hydroxyl groups excluding tert-OH is 1. The highest BCUT2D eigenvalue weighted by Gasteiger charge is 2.56. The SMILES string of the molecule is O=C(NCc1cc(Cl)ccc1-n1cnnn1)[C@@H]1C[C@@H]2C[C@@H]2N1C(=O)C(O)c1ccccc1F. The average Bonchev–Trinajstić information content (AvgIpc) is 3.21. The van der Waals surface area contributed by atoms with Crippen LogP contribution in [-0.2, 0) is 16.1 Å². The van der Waals surface area contributed by atoms with E-state index in [9.17, 15) is 19.1 Å². The molecular formula is C22H20ClFN6O3. The summed E-state index contributed by atoms with van der Waals surface area (Å²) in [5, 5.41) is 25.0. The molecule has 2 N–H and O–H groups in total. The first-order valence-corrected chi connectivity index (χ1v) is 10.9. The molecule has 3 aromatic rings. The lowest BCUT2D eigenvalue weighted by atomic mass is 10.1. The van der Waals surface area contributed by atoms with Gasteiger partial charge in [-0.05, 0) is 59.0 Å². The molecule has 1 saturated carbocycles. The Morgan fingerprint density at radius 2 is 2.06 bits per heavy atom. The monoisotopic (exact) mass is 470 g/mol. The van der Waals surface area contributed by atoms with Crippen LogP contribution in [0, 0.1) is 11.7 Å². The van der Waals surface area contributed by atoms with E-state index in [2.05, 4.69) is 20.8 Å². The number of likely N-dealkylation sites (tertiary alicyclic amines) is 1. The number of rotatable bonds is 6. The summed E-state index contributed by atoms with van der Waals surface area (Å²) in [5.74, 6) is -1.47. The van der Waals surface area contributed by atoms with Crippen molar-refractivity contribution < 1.29 is 19.1 Å². The third-order valence-electron chi connectivity index (χ3n) is 6.19. The third-order valence-corrected chi connectivity index (χ3v) is 6.42. The number of fused-ring (bicyclic) bond motifs is 1. The second kappa shape index (κ2) is 8.53. The van der Waals surface area contributed by atoms with E-state index in [0.717, 1.165) is 6.42 Å². The fourth-order valence-electron chi connectivity index (χ4n) is 4.47. The normalized spacial score (nSPS) is 22.0. The van der Waals surface area contributed by atoms with Crippen LogP contribution < -0.4 is 5.32 Å². The molecular weight excluding hydrogens is 451 g/mol. The molecule has 0 bridgehead atoms. The summed E-state index contributed by atoms with van der Waals surface area (Å²) < 4.78 is 15.6. The van der Waals surface area contributed by atoms with E-state index in [4.69, 9.17) is 11.6 Å². The van der Waals surface area contributed by atoms with Crippen LogP contribution >= 0.6 is 11.6 Å². The molecule has 0 spiro atoms. The molecule has 2 aromatic carbocycles. The minimum absolute atomic E-state index is 0.101. The highest BCUT2D eigenvalue weighted by atomic mass is 35.5. The van der Waals surface area contributed by atoms with Gasteiger partial charge in [0.2, 0.25) is 5.91 Å². The summed E-state index contributed by atoms with van der Waals surface area (Å²) in [6, 6.07) is 9.88. The van der Waals surface area contributed by atoms with E-state index in [1.54, 1.807) is 24.3 Å². The van der Waals surface area contributed by atoms with Gasteiger partial charge in [-0.2, -0.15) is 0 Å². The first-order valence-electron chi connectivity index (χ1n) is 10.5. The molecule has 9 nitrogen and oxygen atoms in total. The molecule has 0 radical (unpaired) electrons. The van der Waals surface area contributed by atoms with Crippen LogP contribution in [0.3, 0.4) is 0 Å². The van der Waals surface area contributed by atoms with E-state index >= 15 is 0 Å². The molecule has 1 unspecified atom stereocenters. The summed E-state index contributed by atoms with van der Waals surface area (Å²) in [7, 11) is 0. The summed E-state index contributed by atoms with van der Waals surface area (Å²) in [5.41, 5.74) is 1.24. The minimum atomic E-state index is -1.67. The fraction of sp³-hybridized carbons (Fsp3) is 0.318. The standard InChI is InChI=1S/C22H20ClFN6O3/c23-14-5-6-17(29-11-26-27-28-29)13(7-14)10-25-21(32)19-9-12-8-18(12)30(19)22(33)20(31)15-3-1-2-4-16(15)24/h1-7,11-12,18-20,31H,8-10H2,(H,25,32)/t12-,18-,19-,20?/m0/s1. The Hall–Kier alpha value is -3.37. The Kier molecular flexibility index (Phi) is 5.55. The first-order chi connectivity index (χ1) is 15.9. The van der Waals surface area contributed by atoms with Gasteiger partial charge in [-0.1, -0.05) is 29.8 Å². The first kappa shape index (κ1) is 21.5. The van der Waals surface area contributed by atoms with E-state index in [1.165, 1.54) is 34.1 Å². The van der Waals surface area contributed by atoms with Crippen molar-refractivity contribution in [3.05, 3.63) is 70.8 Å². The number of piperidine rings is 1. The molecule has 5 rings (SSSR count). The smallest absolute Gasteiger partial charge is 0.257 e. The average molecular weight is 471 g/mol. The third kappa shape index (κ3) is 4.07. The maximum atomic E-state index is 14.1. The van der Waals surface area contributed by atoms with Gasteiger partial charge in [0.25, 0.3) is 5.91 Å². The number of carbonyl (C=O) groups excluding carboxylic acids is 2. The van der Waals surface area contributed by atoms with Crippen LogP contribution in [0.25, 0.3) is 5.69 Å². The minimum Gasteiger partial charge on any atom is -0.378 e. The molecule has 1 aromatic heterocycles. The van der Waals surface area contributed by atoms with Gasteiger partial charge >= 0.3 is 0 Å². The molecule has 1 aliphatic carbocycles. The number of carbonyl (C=O) groups is 2. The Bertz CT molecular complexity index is 1210. The van der Waals surface area contributed by atoms with Gasteiger partial charge in [-0.15, -0.1) is 5.10 Å². The fourth-order valence-corrected chi connectivity index (χ4v) is 4.66. The molecule has 1 saturated heterocycles. The Morgan fingerprint density at radius 3 is 2.82 bits per heavy atom. The zero-order valence-electron chi connectivity index (χ0n) is 17.3. The largest absolute Gasteiger partial charge is 0.378 e. The van der Waals surface area contributed by atoms with E-state index in [0.29, 0.717) is 22.7 Å². The van der Waals surface area contributed by atoms with E-state index in [1.807, 2.05) is 0 Å². The van der Waals surface area contributed by atoms with E-state index in [-0.39, 0.29) is 30.0 Å². The van der Waals surface area contributed by atoms with Gasteiger partial charge < -0.3 is 15.3 Å². The molecule has 2 amide bonds. The van der Waals surface area contributed by atoms with Crippen molar-refractivity contribution in [2.24, 2.45) is 5.92 Å². The second-order valence-electron chi connectivity index (χ2n) is 8.23. The van der Waals surface area contributed by atoms with Gasteiger partial charge in [-0.25, -0.2) is 9.07 Å². The molecule has 2 heterocycles. The van der Waals surface area contributed by atoms with Gasteiger partial charge in [0, 0.05) is 23.2 Å². The van der Waals surface area contributed by atoms with Crippen molar-refractivity contribution in [2.45, 2.75) is 37.6 Å². The Morgan fingerprint density at radius 1 is 1.24 bits per heavy atom. The van der Waals surface area contributed by atoms with Crippen molar-refractivity contribution in [2.75, 3.05) is 0 Å². The van der Waals surface area contributed by atoms with Crippen LogP contribution in [0.2, 0.25) is 5.02 Å². The lowest BCUT2D eigenvalue weighted by molar-refractivity contribution is -0.147. The number of hydrogen-bond acceptors (Lipinski definition) is 6. The van der Waals surface area contributed by atoms with Crippen LogP contribution in [0.15, 0.2) is 48.8 Å². The molecule has 33 heavy (non-hydrogen) atoms. The van der Waals surface area contributed by atoms with Crippen molar-refractivity contribution >= 4 is 23.4 Å². The Labute approximate surface area is 193 Å². The number of tetrazole rings is 1. The predicted molar refractivity (Wildman–Crippen MR) is 115 cm³/mol. The maximum Gasteiger partial charge on any atom is 0.257 e. The molecule has 2 fully saturated rings. The summed E-state index contributed by atoms with van der Waals surface area (Å²) in [4.78, 5) is 27.5. The number of nitrogens with zero attached hydrogens (tertiary/aromatic N) is 5. The quantitative estimate of drug-likeness (QED) is 0.568. The van der Waals surface area contributed by atoms with Gasteiger partial charge in [0.15, 0.2) is 6.10 Å². The topological polar surface area (TPSA) is 113 Å². The zero-order valence-corrected chi connectivity index (χ0v) is 18.1. The maximum absolute atomic E-state index is 14.1.